The van der Waals surface area contributed by atoms with Gasteiger partial charge in [0.15, 0.2) is 0 Å². The Morgan fingerprint density at radius 1 is 0.630 bits per heavy atom. The van der Waals surface area contributed by atoms with Gasteiger partial charge in [-0.05, 0) is 0 Å². The second-order valence-corrected chi connectivity index (χ2v) is 11.9. The first-order chi connectivity index (χ1) is 12.2. The zero-order valence-electron chi connectivity index (χ0n) is 17.1. The Kier molecular flexibility index (Phi) is 9.65. The molecule has 0 aromatic carbocycles. The van der Waals surface area contributed by atoms with Crippen LogP contribution >= 0.6 is 0 Å². The van der Waals surface area contributed by atoms with E-state index in [1.807, 2.05) is 17.7 Å². The maximum Gasteiger partial charge on any atom is -1.00 e. The third kappa shape index (κ3) is 5.32. The smallest absolute Gasteiger partial charge is 1.00 e. The summed E-state index contributed by atoms with van der Waals surface area (Å²) in [6.07, 6.45) is 22.5. The molecule has 4 aliphatic carbocycles. The van der Waals surface area contributed by atoms with Crippen LogP contribution in [-0.4, -0.2) is 0 Å². The Balaban J connectivity index is 0.00000131. The maximum atomic E-state index is 2.56. The minimum atomic E-state index is -0.636. The third-order valence-electron chi connectivity index (χ3n) is 7.13. The van der Waals surface area contributed by atoms with Gasteiger partial charge < -0.3 is 24.8 Å². The molecular weight excluding hydrogens is 450 g/mol. The first kappa shape index (κ1) is 23.7. The largest absolute Gasteiger partial charge is 1.00 e. The fourth-order valence-corrected chi connectivity index (χ4v) is 9.95. The van der Waals surface area contributed by atoms with Crippen LogP contribution in [0.2, 0.25) is 0 Å². The number of allylic oxidation sites excluding steroid dienone is 8. The van der Waals surface area contributed by atoms with Crippen molar-refractivity contribution in [1.29, 1.82) is 0 Å². The number of hydrogen-bond acceptors (Lipinski definition) is 0. The van der Waals surface area contributed by atoms with Gasteiger partial charge in [0.2, 0.25) is 0 Å². The average Bonchev–Trinajstić information content (AvgIpc) is 3.21. The van der Waals surface area contributed by atoms with Gasteiger partial charge in [-0.15, -0.1) is 0 Å². The van der Waals surface area contributed by atoms with E-state index in [0.717, 1.165) is 11.8 Å². The van der Waals surface area contributed by atoms with Crippen molar-refractivity contribution >= 4 is 0 Å². The van der Waals surface area contributed by atoms with E-state index in [0.29, 0.717) is 0 Å². The Morgan fingerprint density at radius 2 is 1.00 bits per heavy atom. The van der Waals surface area contributed by atoms with E-state index in [1.165, 1.54) is 77.0 Å². The third-order valence-corrected chi connectivity index (χ3v) is 11.9. The predicted molar refractivity (Wildman–Crippen MR) is 104 cm³/mol. The molecule has 0 amide bonds. The van der Waals surface area contributed by atoms with Gasteiger partial charge in [0.25, 0.3) is 0 Å². The Bertz CT molecular complexity index is 585. The summed E-state index contributed by atoms with van der Waals surface area (Å²) >= 11 is -0.636. The SMILES string of the molecule is CC1=CCC(C2CCCCC2)=[C]1[Zr+2][C]1=C(C2CCCCC2)CC=C1C.[Cl-].[Cl-]. The van der Waals surface area contributed by atoms with Crippen LogP contribution in [0.5, 0.6) is 0 Å². The van der Waals surface area contributed by atoms with Crippen LogP contribution in [0.1, 0.15) is 90.9 Å². The molecule has 0 N–H and O–H groups in total. The molecule has 2 saturated carbocycles. The molecule has 0 radical (unpaired) electrons. The van der Waals surface area contributed by atoms with Gasteiger partial charge in [-0.25, -0.2) is 0 Å². The van der Waals surface area contributed by atoms with Crippen LogP contribution in [0.15, 0.2) is 41.0 Å². The van der Waals surface area contributed by atoms with E-state index in [4.69, 9.17) is 0 Å². The van der Waals surface area contributed by atoms with E-state index in [-0.39, 0.29) is 24.8 Å². The van der Waals surface area contributed by atoms with Gasteiger partial charge in [0.1, 0.15) is 0 Å². The molecule has 0 bridgehead atoms. The van der Waals surface area contributed by atoms with Crippen LogP contribution in [-0.2, 0) is 23.2 Å². The zero-order chi connectivity index (χ0) is 17.2. The fraction of sp³-hybridized carbons (Fsp3) is 0.667. The fourth-order valence-electron chi connectivity index (χ4n) is 5.57. The monoisotopic (exact) mass is 482 g/mol. The summed E-state index contributed by atoms with van der Waals surface area (Å²) in [7, 11) is 0. The molecule has 0 spiro atoms. The van der Waals surface area contributed by atoms with Crippen molar-refractivity contribution < 1.29 is 48.0 Å². The van der Waals surface area contributed by atoms with Crippen molar-refractivity contribution in [2.45, 2.75) is 90.9 Å². The number of hydrogen-bond donors (Lipinski definition) is 0. The topological polar surface area (TPSA) is 0 Å². The van der Waals surface area contributed by atoms with Crippen LogP contribution in [0.25, 0.3) is 0 Å². The van der Waals surface area contributed by atoms with Crippen molar-refractivity contribution in [1.82, 2.24) is 0 Å². The predicted octanol–water partition coefficient (Wildman–Crippen LogP) is 1.45. The van der Waals surface area contributed by atoms with Gasteiger partial charge in [-0.2, -0.15) is 0 Å². The average molecular weight is 485 g/mol. The Morgan fingerprint density at radius 3 is 1.37 bits per heavy atom. The summed E-state index contributed by atoms with van der Waals surface area (Å²) in [6, 6.07) is 0. The molecule has 27 heavy (non-hydrogen) atoms. The minimum absolute atomic E-state index is 0. The van der Waals surface area contributed by atoms with Crippen molar-refractivity contribution in [2.24, 2.45) is 11.8 Å². The van der Waals surface area contributed by atoms with Crippen LogP contribution in [0.3, 0.4) is 0 Å². The molecule has 0 unspecified atom stereocenters. The van der Waals surface area contributed by atoms with E-state index in [9.17, 15) is 0 Å². The van der Waals surface area contributed by atoms with E-state index >= 15 is 0 Å². The van der Waals surface area contributed by atoms with E-state index < -0.39 is 23.2 Å². The second-order valence-electron chi connectivity index (χ2n) is 8.78. The first-order valence-corrected chi connectivity index (χ1v) is 13.3. The zero-order valence-corrected chi connectivity index (χ0v) is 21.0. The molecular formula is C24H34Cl2Zr. The van der Waals surface area contributed by atoms with Gasteiger partial charge >= 0.3 is 167 Å². The van der Waals surface area contributed by atoms with Gasteiger partial charge in [-0.1, -0.05) is 0 Å². The number of rotatable bonds is 4. The minimum Gasteiger partial charge on any atom is -1.00 e. The summed E-state index contributed by atoms with van der Waals surface area (Å²) in [5, 5.41) is 0. The van der Waals surface area contributed by atoms with Crippen molar-refractivity contribution in [2.75, 3.05) is 0 Å². The molecule has 4 aliphatic rings. The molecule has 148 valence electrons. The molecule has 0 atom stereocenters. The Labute approximate surface area is 190 Å². The van der Waals surface area contributed by atoms with Crippen LogP contribution in [0.4, 0.5) is 0 Å². The van der Waals surface area contributed by atoms with Crippen LogP contribution in [0, 0.1) is 11.8 Å². The van der Waals surface area contributed by atoms with E-state index in [2.05, 4.69) is 26.0 Å². The molecule has 0 nitrogen and oxygen atoms in total. The van der Waals surface area contributed by atoms with Gasteiger partial charge in [-0.3, -0.25) is 0 Å². The summed E-state index contributed by atoms with van der Waals surface area (Å²) in [5.41, 5.74) is 7.14. The van der Waals surface area contributed by atoms with Crippen molar-refractivity contribution in [3.63, 3.8) is 0 Å². The van der Waals surface area contributed by atoms with Crippen molar-refractivity contribution in [3.05, 3.63) is 41.0 Å². The molecule has 0 saturated heterocycles. The Hall–Kier alpha value is 0.423. The molecule has 3 heteroatoms. The normalized spacial score (nSPS) is 24.2. The summed E-state index contributed by atoms with van der Waals surface area (Å²) in [4.78, 5) is 0. The second kappa shape index (κ2) is 11.0. The van der Waals surface area contributed by atoms with Gasteiger partial charge in [0.05, 0.1) is 0 Å². The summed E-state index contributed by atoms with van der Waals surface area (Å²) in [6.45, 7) is 4.84. The first-order valence-electron chi connectivity index (χ1n) is 10.8. The molecule has 2 fully saturated rings. The molecule has 0 aromatic rings. The molecule has 0 heterocycles. The summed E-state index contributed by atoms with van der Waals surface area (Å²) in [5.74, 6) is 1.87. The standard InChI is InChI=1S/2C12H17.2ClH.Zr/c2*1-10-7-8-12(9-10)11-5-3-2-4-6-11;;;/h2*7,11H,2-6,8H2,1H3;2*1H;/q;;;;+2/p-2. The molecule has 4 rings (SSSR count). The van der Waals surface area contributed by atoms with Crippen LogP contribution < -0.4 is 24.8 Å². The number of halogens is 2. The van der Waals surface area contributed by atoms with E-state index in [1.54, 1.807) is 11.1 Å². The molecule has 0 aliphatic heterocycles. The van der Waals surface area contributed by atoms with Gasteiger partial charge in [0, 0.05) is 0 Å². The van der Waals surface area contributed by atoms with Crippen molar-refractivity contribution in [3.8, 4) is 0 Å². The summed E-state index contributed by atoms with van der Waals surface area (Å²) < 4.78 is 3.82. The maximum absolute atomic E-state index is 2.56. The molecule has 0 aromatic heterocycles. The quantitative estimate of drug-likeness (QED) is 0.567.